The van der Waals surface area contributed by atoms with Gasteiger partial charge in [0.15, 0.2) is 0 Å². The zero-order valence-electron chi connectivity index (χ0n) is 15.8. The lowest BCUT2D eigenvalue weighted by Crippen LogP contribution is -2.14. The van der Waals surface area contributed by atoms with E-state index in [2.05, 4.69) is 10.0 Å². The molecule has 0 atom stereocenters. The lowest BCUT2D eigenvalue weighted by atomic mass is 10.2. The first-order chi connectivity index (χ1) is 13.8. The Bertz CT molecular complexity index is 577. The average molecular weight is 397 g/mol. The van der Waals surface area contributed by atoms with Crippen LogP contribution >= 0.6 is 0 Å². The number of carbonyl (C=O) groups is 1. The van der Waals surface area contributed by atoms with Crippen molar-refractivity contribution < 1.29 is 33.6 Å². The maximum atomic E-state index is 11.7. The molecule has 156 valence electrons. The van der Waals surface area contributed by atoms with Gasteiger partial charge in [0.2, 0.25) is 0 Å². The van der Waals surface area contributed by atoms with E-state index < -0.39 is 0 Å². The van der Waals surface area contributed by atoms with Crippen molar-refractivity contribution in [3.63, 3.8) is 0 Å². The second-order valence-corrected chi connectivity index (χ2v) is 5.43. The van der Waals surface area contributed by atoms with E-state index in [1.165, 1.54) is 0 Å². The molecule has 0 unspecified atom stereocenters. The molecular formula is C18H27N3O7. The van der Waals surface area contributed by atoms with Crippen molar-refractivity contribution in [2.75, 3.05) is 59.4 Å². The molecule has 0 radical (unpaired) electrons. The Morgan fingerprint density at radius 1 is 0.893 bits per heavy atom. The van der Waals surface area contributed by atoms with Crippen LogP contribution in [0.2, 0.25) is 0 Å². The normalized spacial score (nSPS) is 10.5. The molecule has 0 aromatic heterocycles. The fourth-order valence-corrected chi connectivity index (χ4v) is 1.91. The standard InChI is InChI=1S/C18H27N3O7/c19-21-20-6-8-25-10-12-27-14-13-26-11-9-24-7-5-18(23)28-17-3-1-16(15-22)2-4-17/h1-4,22H,5-15H2. The van der Waals surface area contributed by atoms with Gasteiger partial charge in [-0.1, -0.05) is 17.2 Å². The van der Waals surface area contributed by atoms with Crippen molar-refractivity contribution in [3.05, 3.63) is 40.3 Å². The number of hydrogen-bond acceptors (Lipinski definition) is 8. The average Bonchev–Trinajstić information content (AvgIpc) is 2.71. The number of aliphatic hydroxyl groups excluding tert-OH is 1. The maximum Gasteiger partial charge on any atom is 0.313 e. The smallest absolute Gasteiger partial charge is 0.313 e. The number of rotatable bonds is 17. The van der Waals surface area contributed by atoms with Crippen molar-refractivity contribution in [2.24, 2.45) is 5.11 Å². The van der Waals surface area contributed by atoms with E-state index in [1.807, 2.05) is 0 Å². The Morgan fingerprint density at radius 2 is 1.43 bits per heavy atom. The van der Waals surface area contributed by atoms with Crippen molar-refractivity contribution in [2.45, 2.75) is 13.0 Å². The summed E-state index contributed by atoms with van der Waals surface area (Å²) in [5.74, 6) is 0.0549. The molecular weight excluding hydrogens is 370 g/mol. The molecule has 0 amide bonds. The van der Waals surface area contributed by atoms with Gasteiger partial charge >= 0.3 is 5.97 Å². The molecule has 0 heterocycles. The second kappa shape index (κ2) is 16.9. The largest absolute Gasteiger partial charge is 0.426 e. The second-order valence-electron chi connectivity index (χ2n) is 5.43. The number of ether oxygens (including phenoxy) is 5. The van der Waals surface area contributed by atoms with E-state index in [0.717, 1.165) is 5.56 Å². The minimum Gasteiger partial charge on any atom is -0.426 e. The van der Waals surface area contributed by atoms with Gasteiger partial charge in [-0.15, -0.1) is 0 Å². The molecule has 0 fully saturated rings. The highest BCUT2D eigenvalue weighted by molar-refractivity contribution is 5.72. The maximum absolute atomic E-state index is 11.7. The van der Waals surface area contributed by atoms with E-state index in [4.69, 9.17) is 34.3 Å². The molecule has 0 saturated heterocycles. The summed E-state index contributed by atoms with van der Waals surface area (Å²) in [4.78, 5) is 14.3. The summed E-state index contributed by atoms with van der Waals surface area (Å²) >= 11 is 0. The predicted octanol–water partition coefficient (Wildman–Crippen LogP) is 1.85. The van der Waals surface area contributed by atoms with Gasteiger partial charge in [-0.3, -0.25) is 4.79 Å². The van der Waals surface area contributed by atoms with Gasteiger partial charge in [0.1, 0.15) is 5.75 Å². The number of esters is 1. The molecule has 0 saturated carbocycles. The minimum absolute atomic E-state index is 0.0508. The van der Waals surface area contributed by atoms with Crippen molar-refractivity contribution in [1.82, 2.24) is 0 Å². The van der Waals surface area contributed by atoms with Crippen LogP contribution in [-0.2, 0) is 30.3 Å². The van der Waals surface area contributed by atoms with Crippen LogP contribution in [0.25, 0.3) is 10.4 Å². The van der Waals surface area contributed by atoms with E-state index in [0.29, 0.717) is 58.5 Å². The van der Waals surface area contributed by atoms with Crippen LogP contribution in [0.15, 0.2) is 29.4 Å². The number of aliphatic hydroxyl groups is 1. The third kappa shape index (κ3) is 13.0. The lowest BCUT2D eigenvalue weighted by Gasteiger charge is -2.07. The predicted molar refractivity (Wildman–Crippen MR) is 99.9 cm³/mol. The Kier molecular flexibility index (Phi) is 14.4. The number of carbonyl (C=O) groups excluding carboxylic acids is 1. The highest BCUT2D eigenvalue weighted by atomic mass is 16.6. The lowest BCUT2D eigenvalue weighted by molar-refractivity contribution is -0.135. The summed E-state index contributed by atoms with van der Waals surface area (Å²) in [5.41, 5.74) is 8.83. The van der Waals surface area contributed by atoms with Crippen molar-refractivity contribution in [1.29, 1.82) is 0 Å². The molecule has 0 aliphatic rings. The summed E-state index contributed by atoms with van der Waals surface area (Å²) in [6, 6.07) is 6.66. The van der Waals surface area contributed by atoms with Crippen LogP contribution in [-0.4, -0.2) is 70.5 Å². The van der Waals surface area contributed by atoms with Crippen LogP contribution in [0.1, 0.15) is 12.0 Å². The van der Waals surface area contributed by atoms with Crippen LogP contribution < -0.4 is 4.74 Å². The summed E-state index contributed by atoms with van der Waals surface area (Å²) in [7, 11) is 0. The van der Waals surface area contributed by atoms with Crippen LogP contribution in [0.3, 0.4) is 0 Å². The first-order valence-corrected chi connectivity index (χ1v) is 8.98. The molecule has 1 aromatic rings. The molecule has 10 heteroatoms. The Balaban J connectivity index is 1.85. The Hall–Kier alpha value is -2.20. The topological polar surface area (TPSA) is 132 Å². The van der Waals surface area contributed by atoms with E-state index in [1.54, 1.807) is 24.3 Å². The molecule has 1 N–H and O–H groups in total. The third-order valence-electron chi connectivity index (χ3n) is 3.30. The van der Waals surface area contributed by atoms with Gasteiger partial charge in [-0.25, -0.2) is 0 Å². The van der Waals surface area contributed by atoms with E-state index in [9.17, 15) is 4.79 Å². The summed E-state index contributed by atoms with van der Waals surface area (Å²) < 4.78 is 26.3. The summed E-state index contributed by atoms with van der Waals surface area (Å²) in [5, 5.41) is 12.3. The molecule has 1 rings (SSSR count). The molecule has 1 aromatic carbocycles. The molecule has 0 aliphatic heterocycles. The Morgan fingerprint density at radius 3 is 1.96 bits per heavy atom. The monoisotopic (exact) mass is 397 g/mol. The van der Waals surface area contributed by atoms with Crippen molar-refractivity contribution >= 4 is 5.97 Å². The molecule has 0 bridgehead atoms. The first-order valence-electron chi connectivity index (χ1n) is 8.98. The zero-order chi connectivity index (χ0) is 20.3. The quantitative estimate of drug-likeness (QED) is 0.106. The molecule has 10 nitrogen and oxygen atoms in total. The van der Waals surface area contributed by atoms with Gasteiger partial charge in [-0.05, 0) is 23.2 Å². The summed E-state index contributed by atoms with van der Waals surface area (Å²) in [6.07, 6.45) is 0.143. The molecule has 28 heavy (non-hydrogen) atoms. The van der Waals surface area contributed by atoms with Gasteiger partial charge < -0.3 is 28.8 Å². The third-order valence-corrected chi connectivity index (χ3v) is 3.30. The van der Waals surface area contributed by atoms with E-state index >= 15 is 0 Å². The van der Waals surface area contributed by atoms with Crippen LogP contribution in [0, 0.1) is 0 Å². The Labute approximate surface area is 163 Å². The highest BCUT2D eigenvalue weighted by Gasteiger charge is 2.05. The summed E-state index contributed by atoms with van der Waals surface area (Å²) in [6.45, 7) is 3.44. The van der Waals surface area contributed by atoms with E-state index in [-0.39, 0.29) is 25.6 Å². The van der Waals surface area contributed by atoms with Crippen molar-refractivity contribution in [3.8, 4) is 5.75 Å². The zero-order valence-corrected chi connectivity index (χ0v) is 15.8. The molecule has 0 aliphatic carbocycles. The first kappa shape index (κ1) is 23.8. The number of azide groups is 1. The van der Waals surface area contributed by atoms with Gasteiger partial charge in [0.05, 0.1) is 65.9 Å². The van der Waals surface area contributed by atoms with Gasteiger partial charge in [-0.2, -0.15) is 0 Å². The SMILES string of the molecule is [N-]=[N+]=NCCOCCOCCOCCOCCC(=O)Oc1ccc(CO)cc1. The number of hydrogen-bond donors (Lipinski definition) is 1. The highest BCUT2D eigenvalue weighted by Crippen LogP contribution is 2.12. The number of benzene rings is 1. The number of nitrogens with zero attached hydrogens (tertiary/aromatic N) is 3. The van der Waals surface area contributed by atoms with Gasteiger partial charge in [0.25, 0.3) is 0 Å². The fraction of sp³-hybridized carbons (Fsp3) is 0.611. The van der Waals surface area contributed by atoms with Crippen LogP contribution in [0.5, 0.6) is 5.75 Å². The minimum atomic E-state index is -0.382. The fourth-order valence-electron chi connectivity index (χ4n) is 1.91. The van der Waals surface area contributed by atoms with Gasteiger partial charge in [0, 0.05) is 11.5 Å². The van der Waals surface area contributed by atoms with Crippen LogP contribution in [0.4, 0.5) is 0 Å². The molecule has 0 spiro atoms.